The van der Waals surface area contributed by atoms with E-state index < -0.39 is 0 Å². The van der Waals surface area contributed by atoms with Crippen molar-refractivity contribution in [1.29, 1.82) is 0 Å². The van der Waals surface area contributed by atoms with E-state index in [9.17, 15) is 4.79 Å². The minimum absolute atomic E-state index is 0.0296. The van der Waals surface area contributed by atoms with E-state index in [4.69, 9.17) is 4.74 Å². The summed E-state index contributed by atoms with van der Waals surface area (Å²) in [6.45, 7) is 0.525. The van der Waals surface area contributed by atoms with Crippen LogP contribution in [0.5, 0.6) is 5.75 Å². The highest BCUT2D eigenvalue weighted by Gasteiger charge is 2.25. The molecular weight excluding hydrogens is 264 g/mol. The van der Waals surface area contributed by atoms with Crippen LogP contribution in [0.2, 0.25) is 0 Å². The van der Waals surface area contributed by atoms with E-state index in [0.29, 0.717) is 6.54 Å². The Kier molecular flexibility index (Phi) is 3.77. The van der Waals surface area contributed by atoms with Gasteiger partial charge >= 0.3 is 0 Å². The van der Waals surface area contributed by atoms with E-state index in [1.165, 1.54) is 5.56 Å². The molecule has 21 heavy (non-hydrogen) atoms. The Morgan fingerprint density at radius 2 is 2.00 bits per heavy atom. The van der Waals surface area contributed by atoms with Gasteiger partial charge in [0.1, 0.15) is 11.8 Å². The number of hydrogen-bond donors (Lipinski definition) is 2. The first-order valence-corrected chi connectivity index (χ1v) is 7.01. The molecule has 0 spiro atoms. The van der Waals surface area contributed by atoms with Crippen LogP contribution < -0.4 is 15.4 Å². The lowest BCUT2D eigenvalue weighted by molar-refractivity contribution is -0.121. The van der Waals surface area contributed by atoms with Gasteiger partial charge in [0.25, 0.3) is 0 Å². The minimum Gasteiger partial charge on any atom is -0.497 e. The summed E-state index contributed by atoms with van der Waals surface area (Å²) in [5.41, 5.74) is 3.31. The van der Waals surface area contributed by atoms with Gasteiger partial charge < -0.3 is 15.4 Å². The molecule has 0 saturated heterocycles. The molecule has 1 amide bonds. The summed E-state index contributed by atoms with van der Waals surface area (Å²) in [4.78, 5) is 12.2. The monoisotopic (exact) mass is 282 g/mol. The number of benzene rings is 2. The molecule has 0 aliphatic carbocycles. The third-order valence-corrected chi connectivity index (χ3v) is 3.71. The minimum atomic E-state index is -0.180. The van der Waals surface area contributed by atoms with Crippen molar-refractivity contribution < 1.29 is 9.53 Å². The molecule has 1 aliphatic heterocycles. The zero-order valence-electron chi connectivity index (χ0n) is 11.9. The van der Waals surface area contributed by atoms with Crippen molar-refractivity contribution in [3.63, 3.8) is 0 Å². The van der Waals surface area contributed by atoms with Crippen LogP contribution in [0.1, 0.15) is 11.1 Å². The van der Waals surface area contributed by atoms with E-state index in [1.807, 2.05) is 42.5 Å². The average molecular weight is 282 g/mol. The number of fused-ring (bicyclic) bond motifs is 1. The number of amides is 1. The number of nitrogens with one attached hydrogen (secondary N) is 2. The number of anilines is 1. The number of rotatable bonds is 4. The molecule has 1 heterocycles. The van der Waals surface area contributed by atoms with Gasteiger partial charge in [-0.15, -0.1) is 0 Å². The lowest BCUT2D eigenvalue weighted by Gasteiger charge is -2.12. The fourth-order valence-corrected chi connectivity index (χ4v) is 2.51. The SMILES string of the molecule is COc1ccc(CNC(=O)[C@@H]2Cc3ccccc3N2)cc1. The third kappa shape index (κ3) is 2.99. The largest absolute Gasteiger partial charge is 0.497 e. The molecule has 2 N–H and O–H groups in total. The molecule has 108 valence electrons. The fraction of sp³-hybridized carbons (Fsp3) is 0.235. The van der Waals surface area contributed by atoms with Crippen LogP contribution in [0.4, 0.5) is 5.69 Å². The van der Waals surface area contributed by atoms with E-state index in [0.717, 1.165) is 23.4 Å². The van der Waals surface area contributed by atoms with Gasteiger partial charge in [-0.05, 0) is 29.3 Å². The number of ether oxygens (including phenoxy) is 1. The Morgan fingerprint density at radius 3 is 2.71 bits per heavy atom. The topological polar surface area (TPSA) is 50.4 Å². The summed E-state index contributed by atoms with van der Waals surface area (Å²) < 4.78 is 5.11. The Morgan fingerprint density at radius 1 is 1.24 bits per heavy atom. The molecule has 1 atom stereocenters. The molecule has 2 aromatic rings. The normalized spacial score (nSPS) is 16.0. The summed E-state index contributed by atoms with van der Waals surface area (Å²) in [7, 11) is 1.64. The van der Waals surface area contributed by atoms with Crippen LogP contribution in [-0.4, -0.2) is 19.1 Å². The standard InChI is InChI=1S/C17H18N2O2/c1-21-14-8-6-12(7-9-14)11-18-17(20)16-10-13-4-2-3-5-15(13)19-16/h2-9,16,19H,10-11H2,1H3,(H,18,20)/t16-/m0/s1. The first-order chi connectivity index (χ1) is 10.3. The molecule has 0 bridgehead atoms. The lowest BCUT2D eigenvalue weighted by atomic mass is 10.1. The summed E-state index contributed by atoms with van der Waals surface area (Å²) in [6, 6.07) is 15.6. The molecule has 0 unspecified atom stereocenters. The second kappa shape index (κ2) is 5.87. The highest BCUT2D eigenvalue weighted by Crippen LogP contribution is 2.25. The molecule has 1 aliphatic rings. The molecular formula is C17H18N2O2. The maximum absolute atomic E-state index is 12.2. The summed E-state index contributed by atoms with van der Waals surface area (Å²) >= 11 is 0. The second-order valence-corrected chi connectivity index (χ2v) is 5.12. The van der Waals surface area contributed by atoms with Gasteiger partial charge in [-0.2, -0.15) is 0 Å². The third-order valence-electron chi connectivity index (χ3n) is 3.71. The van der Waals surface area contributed by atoms with Crippen LogP contribution >= 0.6 is 0 Å². The predicted molar refractivity (Wildman–Crippen MR) is 82.4 cm³/mol. The van der Waals surface area contributed by atoms with Gasteiger partial charge in [0.2, 0.25) is 5.91 Å². The molecule has 2 aromatic carbocycles. The summed E-state index contributed by atoms with van der Waals surface area (Å²) in [5, 5.41) is 6.23. The Balaban J connectivity index is 1.55. The zero-order chi connectivity index (χ0) is 14.7. The Labute approximate surface area is 124 Å². The molecule has 0 aromatic heterocycles. The van der Waals surface area contributed by atoms with Crippen molar-refractivity contribution in [2.24, 2.45) is 0 Å². The zero-order valence-corrected chi connectivity index (χ0v) is 11.9. The number of hydrogen-bond acceptors (Lipinski definition) is 3. The van der Waals surface area contributed by atoms with Crippen LogP contribution in [0.15, 0.2) is 48.5 Å². The molecule has 0 fully saturated rings. The number of methoxy groups -OCH3 is 1. The van der Waals surface area contributed by atoms with E-state index in [-0.39, 0.29) is 11.9 Å². The van der Waals surface area contributed by atoms with Gasteiger partial charge in [-0.1, -0.05) is 30.3 Å². The molecule has 0 radical (unpaired) electrons. The van der Waals surface area contributed by atoms with Crippen molar-refractivity contribution in [3.05, 3.63) is 59.7 Å². The van der Waals surface area contributed by atoms with Crippen molar-refractivity contribution >= 4 is 11.6 Å². The van der Waals surface area contributed by atoms with Crippen LogP contribution in [0, 0.1) is 0 Å². The van der Waals surface area contributed by atoms with Crippen LogP contribution in [0.3, 0.4) is 0 Å². The first-order valence-electron chi connectivity index (χ1n) is 7.01. The van der Waals surface area contributed by atoms with Crippen LogP contribution in [0.25, 0.3) is 0 Å². The van der Waals surface area contributed by atoms with E-state index in [1.54, 1.807) is 7.11 Å². The van der Waals surface area contributed by atoms with Gasteiger partial charge in [-0.3, -0.25) is 4.79 Å². The quantitative estimate of drug-likeness (QED) is 0.905. The average Bonchev–Trinajstić information content (AvgIpc) is 2.97. The summed E-state index contributed by atoms with van der Waals surface area (Å²) in [6.07, 6.45) is 0.741. The second-order valence-electron chi connectivity index (χ2n) is 5.12. The smallest absolute Gasteiger partial charge is 0.243 e. The molecule has 0 saturated carbocycles. The van der Waals surface area contributed by atoms with Gasteiger partial charge in [0, 0.05) is 18.7 Å². The Hall–Kier alpha value is -2.49. The number of para-hydroxylation sites is 1. The van der Waals surface area contributed by atoms with E-state index >= 15 is 0 Å². The van der Waals surface area contributed by atoms with E-state index in [2.05, 4.69) is 16.7 Å². The maximum atomic E-state index is 12.2. The molecule has 4 nitrogen and oxygen atoms in total. The first kappa shape index (κ1) is 13.5. The number of carbonyl (C=O) groups excluding carboxylic acids is 1. The lowest BCUT2D eigenvalue weighted by Crippen LogP contribution is -2.38. The summed E-state index contributed by atoms with van der Waals surface area (Å²) in [5.74, 6) is 0.847. The Bertz CT molecular complexity index is 612. The van der Waals surface area contributed by atoms with Crippen molar-refractivity contribution in [2.45, 2.75) is 19.0 Å². The van der Waals surface area contributed by atoms with Crippen molar-refractivity contribution in [1.82, 2.24) is 5.32 Å². The van der Waals surface area contributed by atoms with Gasteiger partial charge in [0.05, 0.1) is 7.11 Å². The molecule has 3 rings (SSSR count). The fourth-order valence-electron chi connectivity index (χ4n) is 2.51. The highest BCUT2D eigenvalue weighted by molar-refractivity contribution is 5.87. The van der Waals surface area contributed by atoms with Gasteiger partial charge in [-0.25, -0.2) is 0 Å². The van der Waals surface area contributed by atoms with Gasteiger partial charge in [0.15, 0.2) is 0 Å². The maximum Gasteiger partial charge on any atom is 0.243 e. The number of carbonyl (C=O) groups is 1. The highest BCUT2D eigenvalue weighted by atomic mass is 16.5. The van der Waals surface area contributed by atoms with Crippen LogP contribution in [-0.2, 0) is 17.8 Å². The predicted octanol–water partition coefficient (Wildman–Crippen LogP) is 2.35. The molecule has 4 heteroatoms. The van der Waals surface area contributed by atoms with Crippen molar-refractivity contribution in [3.8, 4) is 5.75 Å². The van der Waals surface area contributed by atoms with Crippen molar-refractivity contribution in [2.75, 3.05) is 12.4 Å².